The first-order chi connectivity index (χ1) is 11.9. The summed E-state index contributed by atoms with van der Waals surface area (Å²) in [4.78, 5) is 4.08. The number of furan rings is 1. The fourth-order valence-electron chi connectivity index (χ4n) is 2.02. The van der Waals surface area contributed by atoms with Crippen molar-refractivity contribution in [2.45, 2.75) is 12.7 Å². The maximum absolute atomic E-state index is 13.1. The highest BCUT2D eigenvalue weighted by Gasteiger charge is 2.34. The summed E-state index contributed by atoms with van der Waals surface area (Å²) < 4.78 is 44.5. The lowest BCUT2D eigenvalue weighted by atomic mass is 10.1. The second kappa shape index (κ2) is 6.98. The van der Waals surface area contributed by atoms with Gasteiger partial charge in [0.05, 0.1) is 30.3 Å². The van der Waals surface area contributed by atoms with Gasteiger partial charge in [0.1, 0.15) is 5.76 Å². The number of halogens is 4. The predicted molar refractivity (Wildman–Crippen MR) is 85.6 cm³/mol. The molecule has 3 aromatic rings. The lowest BCUT2D eigenvalue weighted by Gasteiger charge is -2.14. The fourth-order valence-corrected chi connectivity index (χ4v) is 2.19. The number of nitrogens with one attached hydrogen (secondary N) is 2. The maximum Gasteiger partial charge on any atom is 0.418 e. The molecule has 0 spiro atoms. The van der Waals surface area contributed by atoms with E-state index in [4.69, 9.17) is 16.0 Å². The molecule has 0 aliphatic heterocycles. The third kappa shape index (κ3) is 4.38. The van der Waals surface area contributed by atoms with E-state index in [9.17, 15) is 13.2 Å². The van der Waals surface area contributed by atoms with Gasteiger partial charge >= 0.3 is 6.18 Å². The summed E-state index contributed by atoms with van der Waals surface area (Å²) in [5.41, 5.74) is -1.09. The molecule has 0 bridgehead atoms. The van der Waals surface area contributed by atoms with Gasteiger partial charge in [-0.05, 0) is 30.3 Å². The van der Waals surface area contributed by atoms with Gasteiger partial charge in [-0.2, -0.15) is 23.3 Å². The molecule has 0 saturated carbocycles. The molecule has 10 heteroatoms. The van der Waals surface area contributed by atoms with Crippen LogP contribution in [0.15, 0.2) is 47.2 Å². The quantitative estimate of drug-likeness (QED) is 0.690. The Morgan fingerprint density at radius 1 is 1.20 bits per heavy atom. The first-order valence-corrected chi connectivity index (χ1v) is 7.39. The molecule has 0 atom stereocenters. The highest BCUT2D eigenvalue weighted by molar-refractivity contribution is 6.30. The van der Waals surface area contributed by atoms with Crippen molar-refractivity contribution >= 4 is 29.1 Å². The molecule has 0 aliphatic rings. The first-order valence-electron chi connectivity index (χ1n) is 7.01. The molecule has 1 aromatic carbocycles. The summed E-state index contributed by atoms with van der Waals surface area (Å²) >= 11 is 5.66. The van der Waals surface area contributed by atoms with E-state index in [0.717, 1.165) is 6.07 Å². The highest BCUT2D eigenvalue weighted by Crippen LogP contribution is 2.37. The Morgan fingerprint density at radius 3 is 2.76 bits per heavy atom. The Kier molecular flexibility index (Phi) is 4.75. The summed E-state index contributed by atoms with van der Waals surface area (Å²) in [6.45, 7) is 0.312. The molecule has 2 heterocycles. The van der Waals surface area contributed by atoms with E-state index in [-0.39, 0.29) is 22.5 Å². The molecule has 0 amide bonds. The van der Waals surface area contributed by atoms with Gasteiger partial charge in [-0.25, -0.2) is 0 Å². The number of rotatable bonds is 5. The fraction of sp³-hybridized carbons (Fsp3) is 0.133. The van der Waals surface area contributed by atoms with Gasteiger partial charge in [0.15, 0.2) is 5.82 Å². The SMILES string of the molecule is FC(F)(F)c1cc(Cl)ccc1Nc1cnnc(NCc2ccco2)n1. The zero-order chi connectivity index (χ0) is 17.9. The number of hydrogen-bond donors (Lipinski definition) is 2. The van der Waals surface area contributed by atoms with Gasteiger partial charge in [-0.3, -0.25) is 0 Å². The van der Waals surface area contributed by atoms with Crippen LogP contribution in [0, 0.1) is 0 Å². The zero-order valence-corrected chi connectivity index (χ0v) is 13.3. The van der Waals surface area contributed by atoms with Crippen molar-refractivity contribution in [2.75, 3.05) is 10.6 Å². The van der Waals surface area contributed by atoms with Crippen molar-refractivity contribution in [3.8, 4) is 0 Å². The summed E-state index contributed by atoms with van der Waals surface area (Å²) in [6, 6.07) is 6.90. The Labute approximate surface area is 145 Å². The molecule has 130 valence electrons. The van der Waals surface area contributed by atoms with Crippen LogP contribution in [0.2, 0.25) is 5.02 Å². The van der Waals surface area contributed by atoms with E-state index in [1.165, 1.54) is 24.6 Å². The third-order valence-corrected chi connectivity index (χ3v) is 3.34. The van der Waals surface area contributed by atoms with Gasteiger partial charge in [0.25, 0.3) is 0 Å². The monoisotopic (exact) mass is 369 g/mol. The van der Waals surface area contributed by atoms with E-state index in [2.05, 4.69) is 25.8 Å². The minimum atomic E-state index is -4.56. The zero-order valence-electron chi connectivity index (χ0n) is 12.5. The Bertz CT molecular complexity index is 855. The van der Waals surface area contributed by atoms with Crippen LogP contribution in [-0.4, -0.2) is 15.2 Å². The van der Waals surface area contributed by atoms with E-state index in [1.807, 2.05) is 0 Å². The van der Waals surface area contributed by atoms with Crippen LogP contribution in [0.4, 0.5) is 30.6 Å². The molecule has 2 aromatic heterocycles. The predicted octanol–water partition coefficient (Wildman–Crippen LogP) is 4.49. The van der Waals surface area contributed by atoms with Gasteiger partial charge < -0.3 is 15.1 Å². The third-order valence-electron chi connectivity index (χ3n) is 3.11. The lowest BCUT2D eigenvalue weighted by Crippen LogP contribution is -2.10. The second-order valence-electron chi connectivity index (χ2n) is 4.91. The topological polar surface area (TPSA) is 75.9 Å². The molecule has 25 heavy (non-hydrogen) atoms. The van der Waals surface area contributed by atoms with Crippen molar-refractivity contribution in [3.05, 3.63) is 59.1 Å². The Balaban J connectivity index is 1.78. The molecule has 0 fully saturated rings. The van der Waals surface area contributed by atoms with Crippen molar-refractivity contribution in [1.82, 2.24) is 15.2 Å². The maximum atomic E-state index is 13.1. The van der Waals surface area contributed by atoms with Crippen molar-refractivity contribution in [1.29, 1.82) is 0 Å². The van der Waals surface area contributed by atoms with Crippen LogP contribution in [0.5, 0.6) is 0 Å². The molecule has 0 saturated heterocycles. The van der Waals surface area contributed by atoms with E-state index in [0.29, 0.717) is 12.3 Å². The minimum Gasteiger partial charge on any atom is -0.467 e. The molecule has 0 radical (unpaired) electrons. The number of benzene rings is 1. The van der Waals surface area contributed by atoms with Crippen LogP contribution in [0.3, 0.4) is 0 Å². The van der Waals surface area contributed by atoms with Gasteiger partial charge in [-0.1, -0.05) is 11.6 Å². The molecule has 0 aliphatic carbocycles. The normalized spacial score (nSPS) is 11.4. The molecule has 6 nitrogen and oxygen atoms in total. The summed E-state index contributed by atoms with van der Waals surface area (Å²) in [6.07, 6.45) is -1.83. The molecular formula is C15H11ClF3N5O. The largest absolute Gasteiger partial charge is 0.467 e. The summed E-state index contributed by atoms with van der Waals surface area (Å²) in [5.74, 6) is 0.896. The molecular weight excluding hydrogens is 359 g/mol. The summed E-state index contributed by atoms with van der Waals surface area (Å²) in [7, 11) is 0. The van der Waals surface area contributed by atoms with Crippen LogP contribution in [-0.2, 0) is 12.7 Å². The molecule has 2 N–H and O–H groups in total. The number of nitrogens with zero attached hydrogens (tertiary/aromatic N) is 3. The summed E-state index contributed by atoms with van der Waals surface area (Å²) in [5, 5.41) is 12.9. The van der Waals surface area contributed by atoms with E-state index >= 15 is 0 Å². The van der Waals surface area contributed by atoms with E-state index in [1.54, 1.807) is 12.1 Å². The minimum absolute atomic E-state index is 0.0144. The van der Waals surface area contributed by atoms with Crippen LogP contribution in [0.1, 0.15) is 11.3 Å². The lowest BCUT2D eigenvalue weighted by molar-refractivity contribution is -0.136. The van der Waals surface area contributed by atoms with Crippen LogP contribution in [0.25, 0.3) is 0 Å². The standard InChI is InChI=1S/C15H11ClF3N5O/c16-9-3-4-12(11(6-9)15(17,18)19)22-13-8-21-24-14(23-13)20-7-10-2-1-5-25-10/h1-6,8H,7H2,(H2,20,22,23,24). The first kappa shape index (κ1) is 17.0. The van der Waals surface area contributed by atoms with Crippen LogP contribution < -0.4 is 10.6 Å². The highest BCUT2D eigenvalue weighted by atomic mass is 35.5. The number of anilines is 3. The number of hydrogen-bond acceptors (Lipinski definition) is 6. The second-order valence-corrected chi connectivity index (χ2v) is 5.35. The molecule has 0 unspecified atom stereocenters. The number of alkyl halides is 3. The molecule has 3 rings (SSSR count). The van der Waals surface area contributed by atoms with Gasteiger partial charge in [0.2, 0.25) is 5.95 Å². The van der Waals surface area contributed by atoms with Crippen LogP contribution >= 0.6 is 11.6 Å². The van der Waals surface area contributed by atoms with Gasteiger partial charge in [0, 0.05) is 5.02 Å². The Morgan fingerprint density at radius 2 is 2.04 bits per heavy atom. The smallest absolute Gasteiger partial charge is 0.418 e. The average molecular weight is 370 g/mol. The Hall–Kier alpha value is -2.81. The van der Waals surface area contributed by atoms with Crippen molar-refractivity contribution in [3.63, 3.8) is 0 Å². The average Bonchev–Trinajstić information content (AvgIpc) is 3.08. The van der Waals surface area contributed by atoms with Crippen molar-refractivity contribution in [2.24, 2.45) is 0 Å². The van der Waals surface area contributed by atoms with Crippen molar-refractivity contribution < 1.29 is 17.6 Å². The van der Waals surface area contributed by atoms with Gasteiger partial charge in [-0.15, -0.1) is 5.10 Å². The number of aromatic nitrogens is 3. The van der Waals surface area contributed by atoms with E-state index < -0.39 is 11.7 Å².